The number of likely N-dealkylation sites (tertiary alicyclic amines) is 1. The molecule has 3 atom stereocenters. The molecule has 1 aliphatic heterocycles. The second-order valence-corrected chi connectivity index (χ2v) is 8.42. The van der Waals surface area contributed by atoms with Crippen LogP contribution in [0.2, 0.25) is 5.02 Å². The van der Waals surface area contributed by atoms with Gasteiger partial charge in [-0.3, -0.25) is 4.79 Å². The number of hydrogen-bond donors (Lipinski definition) is 2. The van der Waals surface area contributed by atoms with Gasteiger partial charge in [0.25, 0.3) is 5.91 Å². The first-order chi connectivity index (χ1) is 11.5. The molecule has 3 rings (SSSR count). The van der Waals surface area contributed by atoms with Crippen molar-refractivity contribution in [2.75, 3.05) is 13.1 Å². The molecule has 2 N–H and O–H groups in total. The summed E-state index contributed by atoms with van der Waals surface area (Å²) in [5.74, 6) is 1.52. The largest absolute Gasteiger partial charge is 0.348 e. The topological polar surface area (TPSA) is 33.5 Å². The Kier molecular flexibility index (Phi) is 5.83. The number of amides is 1. The van der Waals surface area contributed by atoms with Crippen LogP contribution in [-0.4, -0.2) is 25.0 Å². The molecule has 1 saturated carbocycles. The summed E-state index contributed by atoms with van der Waals surface area (Å²) in [5, 5.41) is 4.05. The van der Waals surface area contributed by atoms with Gasteiger partial charge in [0.15, 0.2) is 6.04 Å². The number of halogens is 1. The predicted molar refractivity (Wildman–Crippen MR) is 98.2 cm³/mol. The lowest BCUT2D eigenvalue weighted by Crippen LogP contribution is -3.15. The minimum atomic E-state index is -0.118. The van der Waals surface area contributed by atoms with Crippen LogP contribution in [0.3, 0.4) is 0 Å². The summed E-state index contributed by atoms with van der Waals surface area (Å²) in [6.07, 6.45) is 5.99. The minimum Gasteiger partial charge on any atom is -0.348 e. The maximum absolute atomic E-state index is 13.1. The van der Waals surface area contributed by atoms with Gasteiger partial charge in [-0.1, -0.05) is 50.4 Å². The van der Waals surface area contributed by atoms with Crippen LogP contribution in [0.1, 0.15) is 57.6 Å². The van der Waals surface area contributed by atoms with E-state index in [0.717, 1.165) is 36.5 Å². The number of benzene rings is 1. The van der Waals surface area contributed by atoms with Gasteiger partial charge < -0.3 is 10.2 Å². The number of nitrogens with one attached hydrogen (secondary N) is 2. The first-order valence-electron chi connectivity index (χ1n) is 9.43. The Morgan fingerprint density at radius 3 is 2.29 bits per heavy atom. The summed E-state index contributed by atoms with van der Waals surface area (Å²) in [6.45, 7) is 6.75. The van der Waals surface area contributed by atoms with Gasteiger partial charge in [-0.15, -0.1) is 0 Å². The van der Waals surface area contributed by atoms with Crippen molar-refractivity contribution in [3.05, 3.63) is 34.9 Å². The van der Waals surface area contributed by atoms with Crippen LogP contribution in [0.5, 0.6) is 0 Å². The molecule has 2 fully saturated rings. The van der Waals surface area contributed by atoms with Crippen molar-refractivity contribution in [1.29, 1.82) is 0 Å². The smallest absolute Gasteiger partial charge is 0.283 e. The minimum absolute atomic E-state index is 0.118. The summed E-state index contributed by atoms with van der Waals surface area (Å²) in [7, 11) is 0. The molecule has 0 aromatic heterocycles. The molecule has 1 amide bonds. The second kappa shape index (κ2) is 7.88. The first kappa shape index (κ1) is 17.8. The van der Waals surface area contributed by atoms with E-state index in [1.54, 1.807) is 0 Å². The van der Waals surface area contributed by atoms with Gasteiger partial charge in [0.05, 0.1) is 13.1 Å². The molecular formula is C20H30ClN2O+. The van der Waals surface area contributed by atoms with Gasteiger partial charge in [-0.05, 0) is 31.4 Å². The first-order valence-corrected chi connectivity index (χ1v) is 9.81. The molecular weight excluding hydrogens is 320 g/mol. The maximum atomic E-state index is 13.1. The Bertz CT molecular complexity index is 543. The summed E-state index contributed by atoms with van der Waals surface area (Å²) in [6, 6.07) is 8.11. The Balaban J connectivity index is 1.82. The van der Waals surface area contributed by atoms with Gasteiger partial charge >= 0.3 is 0 Å². The van der Waals surface area contributed by atoms with Crippen molar-refractivity contribution >= 4 is 17.5 Å². The molecule has 4 heteroatoms. The van der Waals surface area contributed by atoms with Crippen LogP contribution in [0.25, 0.3) is 0 Å². The Labute approximate surface area is 150 Å². The van der Waals surface area contributed by atoms with E-state index in [1.165, 1.54) is 24.2 Å². The molecule has 1 saturated heterocycles. The van der Waals surface area contributed by atoms with Gasteiger partial charge in [0.1, 0.15) is 0 Å². The zero-order valence-corrected chi connectivity index (χ0v) is 15.6. The standard InChI is InChI=1S/C20H29ClN2O/c1-14-11-15(2)13-23(12-14)19(16-7-9-17(21)10-8-16)20(24)22-18-5-3-4-6-18/h7-10,14-15,18-19H,3-6,11-13H2,1-2H3,(H,22,24)/p+1. The SMILES string of the molecule is CC1CC(C)C[NH+](C(C(=O)NC2CCCC2)c2ccc(Cl)cc2)C1. The van der Waals surface area contributed by atoms with Crippen molar-refractivity contribution in [1.82, 2.24) is 5.32 Å². The normalized spacial score (nSPS) is 29.4. The predicted octanol–water partition coefficient (Wildman–Crippen LogP) is 3.00. The van der Waals surface area contributed by atoms with Crippen LogP contribution >= 0.6 is 11.6 Å². The molecule has 1 aromatic rings. The highest BCUT2D eigenvalue weighted by Crippen LogP contribution is 2.21. The lowest BCUT2D eigenvalue weighted by atomic mass is 9.89. The van der Waals surface area contributed by atoms with Crippen molar-refractivity contribution in [2.24, 2.45) is 11.8 Å². The molecule has 0 spiro atoms. The number of quaternary nitrogens is 1. The second-order valence-electron chi connectivity index (χ2n) is 7.99. The summed E-state index contributed by atoms with van der Waals surface area (Å²) < 4.78 is 0. The Hall–Kier alpha value is -1.06. The van der Waals surface area contributed by atoms with Gasteiger partial charge in [0.2, 0.25) is 0 Å². The fraction of sp³-hybridized carbons (Fsp3) is 0.650. The molecule has 24 heavy (non-hydrogen) atoms. The third-order valence-electron chi connectivity index (χ3n) is 5.60. The van der Waals surface area contributed by atoms with Crippen LogP contribution in [0.4, 0.5) is 0 Å². The Morgan fingerprint density at radius 1 is 1.12 bits per heavy atom. The van der Waals surface area contributed by atoms with E-state index in [-0.39, 0.29) is 11.9 Å². The van der Waals surface area contributed by atoms with Gasteiger partial charge in [0, 0.05) is 28.5 Å². The number of carbonyl (C=O) groups is 1. The number of piperidine rings is 1. The molecule has 2 aliphatic rings. The van der Waals surface area contributed by atoms with E-state index in [9.17, 15) is 4.79 Å². The molecule has 132 valence electrons. The quantitative estimate of drug-likeness (QED) is 0.860. The van der Waals surface area contributed by atoms with Crippen LogP contribution < -0.4 is 10.2 Å². The average molecular weight is 350 g/mol. The van der Waals surface area contributed by atoms with Crippen LogP contribution in [0.15, 0.2) is 24.3 Å². The molecule has 1 aromatic carbocycles. The molecule has 1 heterocycles. The highest BCUT2D eigenvalue weighted by atomic mass is 35.5. The average Bonchev–Trinajstić information content (AvgIpc) is 3.01. The zero-order valence-electron chi connectivity index (χ0n) is 14.9. The summed E-state index contributed by atoms with van der Waals surface area (Å²) in [5.41, 5.74) is 1.09. The van der Waals surface area contributed by atoms with Gasteiger partial charge in [-0.25, -0.2) is 0 Å². The molecule has 1 aliphatic carbocycles. The number of rotatable bonds is 4. The third-order valence-corrected chi connectivity index (χ3v) is 5.85. The van der Waals surface area contributed by atoms with Crippen LogP contribution in [0, 0.1) is 11.8 Å². The van der Waals surface area contributed by atoms with E-state index in [4.69, 9.17) is 11.6 Å². The molecule has 0 radical (unpaired) electrons. The highest BCUT2D eigenvalue weighted by molar-refractivity contribution is 6.30. The summed E-state index contributed by atoms with van der Waals surface area (Å²) in [4.78, 5) is 14.5. The van der Waals surface area contributed by atoms with E-state index in [2.05, 4.69) is 19.2 Å². The van der Waals surface area contributed by atoms with E-state index < -0.39 is 0 Å². The summed E-state index contributed by atoms with van der Waals surface area (Å²) >= 11 is 6.06. The van der Waals surface area contributed by atoms with Crippen LogP contribution in [-0.2, 0) is 4.79 Å². The lowest BCUT2D eigenvalue weighted by molar-refractivity contribution is -0.933. The fourth-order valence-electron chi connectivity index (χ4n) is 4.65. The van der Waals surface area contributed by atoms with Crippen molar-refractivity contribution in [3.8, 4) is 0 Å². The number of hydrogen-bond acceptors (Lipinski definition) is 1. The maximum Gasteiger partial charge on any atom is 0.283 e. The van der Waals surface area contributed by atoms with Crippen molar-refractivity contribution < 1.29 is 9.69 Å². The van der Waals surface area contributed by atoms with E-state index in [1.807, 2.05) is 24.3 Å². The fourth-order valence-corrected chi connectivity index (χ4v) is 4.78. The lowest BCUT2D eigenvalue weighted by Gasteiger charge is -2.37. The molecule has 0 bridgehead atoms. The van der Waals surface area contributed by atoms with Crippen molar-refractivity contribution in [3.63, 3.8) is 0 Å². The van der Waals surface area contributed by atoms with E-state index >= 15 is 0 Å². The monoisotopic (exact) mass is 349 g/mol. The zero-order chi connectivity index (χ0) is 17.1. The number of carbonyl (C=O) groups excluding carboxylic acids is 1. The van der Waals surface area contributed by atoms with Gasteiger partial charge in [-0.2, -0.15) is 0 Å². The molecule has 3 unspecified atom stereocenters. The third kappa shape index (κ3) is 4.31. The van der Waals surface area contributed by atoms with Crippen molar-refractivity contribution in [2.45, 2.75) is 58.0 Å². The Morgan fingerprint density at radius 2 is 1.71 bits per heavy atom. The van der Waals surface area contributed by atoms with E-state index in [0.29, 0.717) is 17.9 Å². The molecule has 3 nitrogen and oxygen atoms in total. The highest BCUT2D eigenvalue weighted by Gasteiger charge is 2.37.